The Labute approximate surface area is 99.3 Å². The topological polar surface area (TPSA) is 38.5 Å². The Morgan fingerprint density at radius 3 is 2.81 bits per heavy atom. The standard InChI is InChI=1S/C13H26N2O/c1-13(2)5-3-7-15(8-6-13)12-10-16-9-4-11(12)14/h11-12H,3-10,14H2,1-2H3. The Bertz CT molecular complexity index is 230. The van der Waals surface area contributed by atoms with Crippen LogP contribution < -0.4 is 5.73 Å². The number of nitrogens with zero attached hydrogens (tertiary/aromatic N) is 1. The molecule has 0 aromatic rings. The Hall–Kier alpha value is -0.120. The number of ether oxygens (including phenoxy) is 1. The molecule has 2 unspecified atom stereocenters. The van der Waals surface area contributed by atoms with Crippen molar-refractivity contribution in [2.45, 2.75) is 51.6 Å². The van der Waals surface area contributed by atoms with Gasteiger partial charge in [0.25, 0.3) is 0 Å². The molecule has 94 valence electrons. The minimum Gasteiger partial charge on any atom is -0.380 e. The van der Waals surface area contributed by atoms with Crippen LogP contribution in [0.2, 0.25) is 0 Å². The van der Waals surface area contributed by atoms with Gasteiger partial charge in [-0.1, -0.05) is 13.8 Å². The Balaban J connectivity index is 1.93. The Kier molecular flexibility index (Phi) is 3.88. The molecule has 2 atom stereocenters. The molecular formula is C13H26N2O. The van der Waals surface area contributed by atoms with E-state index in [-0.39, 0.29) is 0 Å². The maximum absolute atomic E-state index is 6.21. The highest BCUT2D eigenvalue weighted by Gasteiger charge is 2.31. The first kappa shape index (κ1) is 12.3. The Morgan fingerprint density at radius 2 is 2.06 bits per heavy atom. The average Bonchev–Trinajstić information content (AvgIpc) is 2.40. The van der Waals surface area contributed by atoms with Gasteiger partial charge in [-0.05, 0) is 44.2 Å². The maximum Gasteiger partial charge on any atom is 0.0636 e. The molecule has 0 aliphatic carbocycles. The van der Waals surface area contributed by atoms with E-state index < -0.39 is 0 Å². The van der Waals surface area contributed by atoms with E-state index in [1.54, 1.807) is 0 Å². The van der Waals surface area contributed by atoms with Crippen molar-refractivity contribution in [3.8, 4) is 0 Å². The van der Waals surface area contributed by atoms with Crippen molar-refractivity contribution in [1.82, 2.24) is 4.90 Å². The summed E-state index contributed by atoms with van der Waals surface area (Å²) in [7, 11) is 0. The van der Waals surface area contributed by atoms with E-state index in [1.807, 2.05) is 0 Å². The van der Waals surface area contributed by atoms with E-state index in [9.17, 15) is 0 Å². The number of nitrogens with two attached hydrogens (primary N) is 1. The number of likely N-dealkylation sites (tertiary alicyclic amines) is 1. The average molecular weight is 226 g/mol. The van der Waals surface area contributed by atoms with E-state index in [1.165, 1.54) is 32.4 Å². The third kappa shape index (κ3) is 2.96. The van der Waals surface area contributed by atoms with E-state index in [0.29, 0.717) is 17.5 Å². The van der Waals surface area contributed by atoms with Crippen molar-refractivity contribution in [3.63, 3.8) is 0 Å². The van der Waals surface area contributed by atoms with Gasteiger partial charge in [0, 0.05) is 18.7 Å². The molecule has 0 spiro atoms. The van der Waals surface area contributed by atoms with Gasteiger partial charge < -0.3 is 10.5 Å². The fourth-order valence-electron chi connectivity index (χ4n) is 2.89. The molecule has 2 rings (SSSR count). The molecule has 16 heavy (non-hydrogen) atoms. The van der Waals surface area contributed by atoms with Crippen LogP contribution in [0.1, 0.15) is 39.5 Å². The number of rotatable bonds is 1. The zero-order chi connectivity index (χ0) is 11.6. The first-order valence-corrected chi connectivity index (χ1v) is 6.66. The summed E-state index contributed by atoms with van der Waals surface area (Å²) in [5, 5.41) is 0. The highest BCUT2D eigenvalue weighted by molar-refractivity contribution is 4.87. The lowest BCUT2D eigenvalue weighted by molar-refractivity contribution is 0.00614. The SMILES string of the molecule is CC1(C)CCCN(C2COCCC2N)CC1. The van der Waals surface area contributed by atoms with E-state index in [2.05, 4.69) is 18.7 Å². The van der Waals surface area contributed by atoms with Crippen LogP contribution in [0.5, 0.6) is 0 Å². The Morgan fingerprint density at radius 1 is 1.25 bits per heavy atom. The van der Waals surface area contributed by atoms with E-state index in [4.69, 9.17) is 10.5 Å². The largest absolute Gasteiger partial charge is 0.380 e. The minimum absolute atomic E-state index is 0.315. The van der Waals surface area contributed by atoms with Gasteiger partial charge >= 0.3 is 0 Å². The van der Waals surface area contributed by atoms with Crippen molar-refractivity contribution in [2.24, 2.45) is 11.1 Å². The van der Waals surface area contributed by atoms with Crippen molar-refractivity contribution in [3.05, 3.63) is 0 Å². The summed E-state index contributed by atoms with van der Waals surface area (Å²) < 4.78 is 5.58. The van der Waals surface area contributed by atoms with Gasteiger partial charge in [-0.2, -0.15) is 0 Å². The number of hydrogen-bond acceptors (Lipinski definition) is 3. The fraction of sp³-hybridized carbons (Fsp3) is 1.00. The first-order chi connectivity index (χ1) is 7.58. The summed E-state index contributed by atoms with van der Waals surface area (Å²) >= 11 is 0. The molecule has 0 aromatic carbocycles. The second kappa shape index (κ2) is 5.03. The molecule has 2 N–H and O–H groups in total. The molecule has 0 bridgehead atoms. The summed E-state index contributed by atoms with van der Waals surface area (Å²) in [5.41, 5.74) is 6.72. The normalized spacial score (nSPS) is 36.9. The lowest BCUT2D eigenvalue weighted by Gasteiger charge is -2.37. The van der Waals surface area contributed by atoms with Gasteiger partial charge in [-0.3, -0.25) is 4.90 Å². The quantitative estimate of drug-likeness (QED) is 0.738. The predicted octanol–water partition coefficient (Wildman–Crippen LogP) is 1.61. The molecule has 2 fully saturated rings. The first-order valence-electron chi connectivity index (χ1n) is 6.66. The van der Waals surface area contributed by atoms with Gasteiger partial charge in [-0.25, -0.2) is 0 Å². The van der Waals surface area contributed by atoms with Crippen molar-refractivity contribution in [1.29, 1.82) is 0 Å². The summed E-state index contributed by atoms with van der Waals surface area (Å²) in [4.78, 5) is 2.57. The molecule has 2 heterocycles. The summed E-state index contributed by atoms with van der Waals surface area (Å²) in [6.07, 6.45) is 4.95. The van der Waals surface area contributed by atoms with Crippen LogP contribution in [0, 0.1) is 5.41 Å². The zero-order valence-corrected chi connectivity index (χ0v) is 10.7. The van der Waals surface area contributed by atoms with Gasteiger partial charge in [0.05, 0.1) is 6.61 Å². The lowest BCUT2D eigenvalue weighted by atomic mass is 9.85. The monoisotopic (exact) mass is 226 g/mol. The van der Waals surface area contributed by atoms with Gasteiger partial charge in [-0.15, -0.1) is 0 Å². The molecule has 2 saturated heterocycles. The zero-order valence-electron chi connectivity index (χ0n) is 10.7. The van der Waals surface area contributed by atoms with E-state index in [0.717, 1.165) is 19.6 Å². The fourth-order valence-corrected chi connectivity index (χ4v) is 2.89. The molecule has 0 amide bonds. The van der Waals surface area contributed by atoms with Crippen LogP contribution in [0.4, 0.5) is 0 Å². The van der Waals surface area contributed by atoms with E-state index >= 15 is 0 Å². The summed E-state index contributed by atoms with van der Waals surface area (Å²) in [6.45, 7) is 8.83. The lowest BCUT2D eigenvalue weighted by Crippen LogP contribution is -2.53. The second-order valence-electron chi connectivity index (χ2n) is 6.15. The molecule has 2 aliphatic rings. The predicted molar refractivity (Wildman–Crippen MR) is 66.4 cm³/mol. The molecule has 0 saturated carbocycles. The summed E-state index contributed by atoms with van der Waals surface area (Å²) in [5.74, 6) is 0. The van der Waals surface area contributed by atoms with Gasteiger partial charge in [0.2, 0.25) is 0 Å². The van der Waals surface area contributed by atoms with Crippen molar-refractivity contribution < 1.29 is 4.74 Å². The molecule has 0 aromatic heterocycles. The molecule has 2 aliphatic heterocycles. The minimum atomic E-state index is 0.315. The van der Waals surface area contributed by atoms with Crippen LogP contribution in [0.15, 0.2) is 0 Å². The van der Waals surface area contributed by atoms with Crippen LogP contribution in [0.3, 0.4) is 0 Å². The van der Waals surface area contributed by atoms with Crippen molar-refractivity contribution >= 4 is 0 Å². The van der Waals surface area contributed by atoms with Gasteiger partial charge in [0.1, 0.15) is 0 Å². The molecule has 0 radical (unpaired) electrons. The maximum atomic E-state index is 6.21. The third-order valence-electron chi connectivity index (χ3n) is 4.22. The molecule has 3 nitrogen and oxygen atoms in total. The highest BCUT2D eigenvalue weighted by atomic mass is 16.5. The van der Waals surface area contributed by atoms with Crippen LogP contribution in [-0.4, -0.2) is 43.3 Å². The summed E-state index contributed by atoms with van der Waals surface area (Å²) in [6, 6.07) is 0.776. The van der Waals surface area contributed by atoms with Crippen LogP contribution in [0.25, 0.3) is 0 Å². The molecule has 3 heteroatoms. The van der Waals surface area contributed by atoms with Crippen LogP contribution in [-0.2, 0) is 4.74 Å². The molecular weight excluding hydrogens is 200 g/mol. The van der Waals surface area contributed by atoms with Crippen molar-refractivity contribution in [2.75, 3.05) is 26.3 Å². The second-order valence-corrected chi connectivity index (χ2v) is 6.15. The number of hydrogen-bond donors (Lipinski definition) is 1. The highest BCUT2D eigenvalue weighted by Crippen LogP contribution is 2.31. The third-order valence-corrected chi connectivity index (χ3v) is 4.22. The van der Waals surface area contributed by atoms with Crippen LogP contribution >= 0.6 is 0 Å². The van der Waals surface area contributed by atoms with Gasteiger partial charge in [0.15, 0.2) is 0 Å². The smallest absolute Gasteiger partial charge is 0.0636 e.